The lowest BCUT2D eigenvalue weighted by Crippen LogP contribution is -2.40. The molecule has 4 heteroatoms. The maximum Gasteiger partial charge on any atom is 0.229 e. The molecule has 4 nitrogen and oxygen atoms in total. The molecule has 96 valence electrons. The highest BCUT2D eigenvalue weighted by Crippen LogP contribution is 2.13. The van der Waals surface area contributed by atoms with Gasteiger partial charge in [0.25, 0.3) is 0 Å². The van der Waals surface area contributed by atoms with Gasteiger partial charge < -0.3 is 0 Å². The maximum absolute atomic E-state index is 11.5. The van der Waals surface area contributed by atoms with Crippen molar-refractivity contribution in [2.45, 2.75) is 52.4 Å². The van der Waals surface area contributed by atoms with Gasteiger partial charge in [0.15, 0.2) is 0 Å². The third kappa shape index (κ3) is 4.29. The molecular weight excluding hydrogens is 218 g/mol. The lowest BCUT2D eigenvalue weighted by molar-refractivity contribution is -0.147. The molecule has 0 unspecified atom stereocenters. The minimum Gasteiger partial charge on any atom is -0.299 e. The lowest BCUT2D eigenvalue weighted by atomic mass is 10.0. The molecule has 1 heterocycles. The van der Waals surface area contributed by atoms with Crippen LogP contribution in [-0.4, -0.2) is 29.0 Å². The van der Waals surface area contributed by atoms with Crippen LogP contribution < -0.4 is 0 Å². The van der Waals surface area contributed by atoms with Gasteiger partial charge in [-0.15, -0.1) is 0 Å². The first-order valence-corrected chi connectivity index (χ1v) is 6.38. The van der Waals surface area contributed by atoms with Crippen LogP contribution in [0.25, 0.3) is 0 Å². The van der Waals surface area contributed by atoms with Crippen molar-refractivity contribution in [1.82, 2.24) is 4.90 Å². The smallest absolute Gasteiger partial charge is 0.229 e. The van der Waals surface area contributed by atoms with Crippen LogP contribution in [0, 0.1) is 5.92 Å². The molecular formula is C13H21NO3. The molecule has 0 bridgehead atoms. The molecule has 0 spiro atoms. The number of unbranched alkanes of at least 4 members (excludes halogenated alkanes) is 1. The summed E-state index contributed by atoms with van der Waals surface area (Å²) in [5, 5.41) is 0. The number of likely N-dealkylation sites (tertiary alicyclic amines) is 1. The number of rotatable bonds is 6. The van der Waals surface area contributed by atoms with E-state index in [9.17, 15) is 14.4 Å². The monoisotopic (exact) mass is 239 g/mol. The zero-order chi connectivity index (χ0) is 12.8. The molecule has 1 aliphatic rings. The van der Waals surface area contributed by atoms with Gasteiger partial charge in [-0.05, 0) is 19.3 Å². The number of hydrogen-bond acceptors (Lipinski definition) is 3. The first-order chi connectivity index (χ1) is 8.02. The van der Waals surface area contributed by atoms with Crippen LogP contribution >= 0.6 is 0 Å². The van der Waals surface area contributed by atoms with Crippen LogP contribution in [-0.2, 0) is 14.4 Å². The second-order valence-corrected chi connectivity index (χ2v) is 4.87. The number of hydrogen-bond donors (Lipinski definition) is 0. The van der Waals surface area contributed by atoms with Crippen LogP contribution in [0.5, 0.6) is 0 Å². The summed E-state index contributed by atoms with van der Waals surface area (Å²) in [5.74, 6) is 0.211. The quantitative estimate of drug-likeness (QED) is 0.525. The van der Waals surface area contributed by atoms with E-state index in [-0.39, 0.29) is 23.5 Å². The van der Waals surface area contributed by atoms with E-state index < -0.39 is 0 Å². The Morgan fingerprint density at radius 3 is 2.29 bits per heavy atom. The molecule has 0 N–H and O–H groups in total. The van der Waals surface area contributed by atoms with Crippen LogP contribution in [0.15, 0.2) is 0 Å². The number of piperidine rings is 1. The summed E-state index contributed by atoms with van der Waals surface area (Å²) in [7, 11) is 0. The number of amides is 2. The van der Waals surface area contributed by atoms with Gasteiger partial charge in [-0.3, -0.25) is 19.3 Å². The van der Waals surface area contributed by atoms with Crippen LogP contribution in [0.4, 0.5) is 0 Å². The number of nitrogens with zero attached hydrogens (tertiary/aromatic N) is 1. The van der Waals surface area contributed by atoms with Crippen LogP contribution in [0.1, 0.15) is 52.4 Å². The maximum atomic E-state index is 11.5. The second kappa shape index (κ2) is 6.52. The fourth-order valence-corrected chi connectivity index (χ4v) is 1.91. The summed E-state index contributed by atoms with van der Waals surface area (Å²) in [6, 6.07) is 0. The van der Waals surface area contributed by atoms with Crippen LogP contribution in [0.3, 0.4) is 0 Å². The highest BCUT2D eigenvalue weighted by Gasteiger charge is 2.24. The Hall–Kier alpha value is -1.19. The van der Waals surface area contributed by atoms with Gasteiger partial charge in [0.2, 0.25) is 11.8 Å². The second-order valence-electron chi connectivity index (χ2n) is 4.87. The van der Waals surface area contributed by atoms with Crippen molar-refractivity contribution in [1.29, 1.82) is 0 Å². The highest BCUT2D eigenvalue weighted by atomic mass is 16.2. The molecule has 1 fully saturated rings. The van der Waals surface area contributed by atoms with E-state index >= 15 is 0 Å². The summed E-state index contributed by atoms with van der Waals surface area (Å²) >= 11 is 0. The van der Waals surface area contributed by atoms with E-state index in [4.69, 9.17) is 0 Å². The summed E-state index contributed by atoms with van der Waals surface area (Å²) in [6.07, 6.45) is 3.69. The number of carbonyl (C=O) groups is 3. The largest absolute Gasteiger partial charge is 0.299 e. The molecule has 1 rings (SSSR count). The normalized spacial score (nSPS) is 16.8. The molecule has 0 aromatic carbocycles. The predicted octanol–water partition coefficient (Wildman–Crippen LogP) is 1.92. The Morgan fingerprint density at radius 2 is 1.76 bits per heavy atom. The summed E-state index contributed by atoms with van der Waals surface area (Å²) in [5.41, 5.74) is 0. The first-order valence-electron chi connectivity index (χ1n) is 6.38. The fourth-order valence-electron chi connectivity index (χ4n) is 1.91. The van der Waals surface area contributed by atoms with Crippen molar-refractivity contribution in [3.8, 4) is 0 Å². The van der Waals surface area contributed by atoms with Gasteiger partial charge >= 0.3 is 0 Å². The molecule has 0 aromatic rings. The number of Topliss-reactive ketones (excluding diaryl/α,β-unsaturated/α-hetero) is 1. The molecule has 1 aliphatic heterocycles. The van der Waals surface area contributed by atoms with Gasteiger partial charge in [0.1, 0.15) is 5.78 Å². The summed E-state index contributed by atoms with van der Waals surface area (Å²) < 4.78 is 0. The van der Waals surface area contributed by atoms with Crippen molar-refractivity contribution in [2.24, 2.45) is 5.92 Å². The van der Waals surface area contributed by atoms with E-state index in [1.807, 2.05) is 13.8 Å². The lowest BCUT2D eigenvalue weighted by Gasteiger charge is -2.24. The van der Waals surface area contributed by atoms with Gasteiger partial charge in [0.05, 0.1) is 0 Å². The minimum absolute atomic E-state index is 0.0589. The summed E-state index contributed by atoms with van der Waals surface area (Å²) in [4.78, 5) is 35.7. The molecule has 17 heavy (non-hydrogen) atoms. The summed E-state index contributed by atoms with van der Waals surface area (Å²) in [6.45, 7) is 4.25. The van der Waals surface area contributed by atoms with Gasteiger partial charge in [-0.1, -0.05) is 13.8 Å². The Labute approximate surface area is 102 Å². The molecule has 0 atom stereocenters. The van der Waals surface area contributed by atoms with E-state index in [1.54, 1.807) is 0 Å². The van der Waals surface area contributed by atoms with Crippen molar-refractivity contribution in [2.75, 3.05) is 6.54 Å². The third-order valence-electron chi connectivity index (χ3n) is 3.08. The number of imide groups is 1. The fraction of sp³-hybridized carbons (Fsp3) is 0.769. The number of carbonyl (C=O) groups excluding carboxylic acids is 3. The van der Waals surface area contributed by atoms with Crippen molar-refractivity contribution < 1.29 is 14.4 Å². The topological polar surface area (TPSA) is 54.5 Å². The minimum atomic E-state index is -0.0589. The molecule has 1 saturated heterocycles. The van der Waals surface area contributed by atoms with E-state index in [0.29, 0.717) is 32.2 Å². The highest BCUT2D eigenvalue weighted by molar-refractivity contribution is 5.97. The molecule has 0 aromatic heterocycles. The Morgan fingerprint density at radius 1 is 1.18 bits per heavy atom. The van der Waals surface area contributed by atoms with Crippen molar-refractivity contribution in [3.05, 3.63) is 0 Å². The Bertz CT molecular complexity index is 294. The van der Waals surface area contributed by atoms with E-state index in [0.717, 1.165) is 12.8 Å². The molecule has 2 amide bonds. The zero-order valence-electron chi connectivity index (χ0n) is 10.7. The van der Waals surface area contributed by atoms with Crippen molar-refractivity contribution in [3.63, 3.8) is 0 Å². The molecule has 0 saturated carbocycles. The Balaban J connectivity index is 2.23. The average Bonchev–Trinajstić information content (AvgIpc) is 2.27. The zero-order valence-corrected chi connectivity index (χ0v) is 10.7. The predicted molar refractivity (Wildman–Crippen MR) is 64.3 cm³/mol. The standard InChI is InChI=1S/C13H21NO3/c1-10(2)11(15)6-3-4-9-14-12(16)7-5-8-13(14)17/h10H,3-9H2,1-2H3. The van der Waals surface area contributed by atoms with Crippen LogP contribution in [0.2, 0.25) is 0 Å². The SMILES string of the molecule is CC(C)C(=O)CCCCN1C(=O)CCCC1=O. The first kappa shape index (κ1) is 13.9. The molecule has 0 radical (unpaired) electrons. The van der Waals surface area contributed by atoms with Gasteiger partial charge in [-0.2, -0.15) is 0 Å². The number of ketones is 1. The average molecular weight is 239 g/mol. The third-order valence-corrected chi connectivity index (χ3v) is 3.08. The van der Waals surface area contributed by atoms with E-state index in [2.05, 4.69) is 0 Å². The van der Waals surface area contributed by atoms with Gasteiger partial charge in [0, 0.05) is 31.7 Å². The van der Waals surface area contributed by atoms with Crippen molar-refractivity contribution >= 4 is 17.6 Å². The molecule has 0 aliphatic carbocycles. The van der Waals surface area contributed by atoms with Gasteiger partial charge in [-0.25, -0.2) is 0 Å². The van der Waals surface area contributed by atoms with E-state index in [1.165, 1.54) is 4.90 Å². The Kier molecular flexibility index (Phi) is 5.32.